The van der Waals surface area contributed by atoms with Gasteiger partial charge in [0.2, 0.25) is 0 Å². The molecule has 1 atom stereocenters. The Labute approximate surface area is 180 Å². The van der Waals surface area contributed by atoms with E-state index in [9.17, 15) is 9.90 Å². The number of rotatable bonds is 10. The quantitative estimate of drug-likeness (QED) is 0.557. The molecule has 6 heteroatoms. The second-order valence-electron chi connectivity index (χ2n) is 9.25. The van der Waals surface area contributed by atoms with Crippen LogP contribution < -0.4 is 0 Å². The SMILES string of the molecule is CCN(CCc1c(C(=O)O)[nH]c2ccc(Cl)cc12)CCN(C)[C@H](C)CC(C)(C)C. The number of carboxylic acids is 1. The summed E-state index contributed by atoms with van der Waals surface area (Å²) in [6.07, 6.45) is 1.84. The number of nitrogens with zero attached hydrogens (tertiary/aromatic N) is 2. The van der Waals surface area contributed by atoms with E-state index in [0.29, 0.717) is 22.9 Å². The number of benzene rings is 1. The first-order chi connectivity index (χ1) is 13.5. The fraction of sp³-hybridized carbons (Fsp3) is 0.609. The summed E-state index contributed by atoms with van der Waals surface area (Å²) in [5, 5.41) is 11.1. The fourth-order valence-corrected chi connectivity index (χ4v) is 4.09. The van der Waals surface area contributed by atoms with Crippen LogP contribution in [0, 0.1) is 5.41 Å². The minimum Gasteiger partial charge on any atom is -0.477 e. The van der Waals surface area contributed by atoms with Crippen molar-refractivity contribution < 1.29 is 9.90 Å². The first kappa shape index (κ1) is 23.7. The average Bonchev–Trinajstić information content (AvgIpc) is 2.98. The Morgan fingerprint density at radius 1 is 1.24 bits per heavy atom. The number of aromatic nitrogens is 1. The summed E-state index contributed by atoms with van der Waals surface area (Å²) < 4.78 is 0. The Hall–Kier alpha value is -1.56. The number of carbonyl (C=O) groups is 1. The van der Waals surface area contributed by atoms with E-state index < -0.39 is 5.97 Å². The van der Waals surface area contributed by atoms with Gasteiger partial charge in [0.1, 0.15) is 5.69 Å². The van der Waals surface area contributed by atoms with Crippen molar-refractivity contribution in [3.63, 3.8) is 0 Å². The molecular weight excluding hydrogens is 386 g/mol. The highest BCUT2D eigenvalue weighted by Crippen LogP contribution is 2.27. The Balaban J connectivity index is 2.03. The van der Waals surface area contributed by atoms with Crippen LogP contribution in [-0.2, 0) is 6.42 Å². The topological polar surface area (TPSA) is 59.6 Å². The highest BCUT2D eigenvalue weighted by molar-refractivity contribution is 6.31. The van der Waals surface area contributed by atoms with Crippen LogP contribution >= 0.6 is 11.6 Å². The van der Waals surface area contributed by atoms with E-state index in [1.54, 1.807) is 6.07 Å². The summed E-state index contributed by atoms with van der Waals surface area (Å²) in [5.74, 6) is -0.925. The summed E-state index contributed by atoms with van der Waals surface area (Å²) in [6.45, 7) is 15.0. The molecule has 2 rings (SSSR count). The standard InChI is InChI=1S/C23H36ClN3O2/c1-7-27(13-12-26(6)16(2)15-23(3,4)5)11-10-18-19-14-17(24)8-9-20(19)25-21(18)22(28)29/h8-9,14,16,25H,7,10-13,15H2,1-6H3,(H,28,29)/t16-/m1/s1. The van der Waals surface area contributed by atoms with Crippen LogP contribution in [-0.4, -0.2) is 65.1 Å². The zero-order valence-electron chi connectivity index (χ0n) is 18.7. The molecule has 0 spiro atoms. The van der Waals surface area contributed by atoms with Crippen LogP contribution in [0.5, 0.6) is 0 Å². The van der Waals surface area contributed by atoms with Crippen LogP contribution in [0.1, 0.15) is 57.1 Å². The van der Waals surface area contributed by atoms with Gasteiger partial charge in [0.15, 0.2) is 0 Å². The number of carboxylic acid groups (broad SMARTS) is 1. The van der Waals surface area contributed by atoms with Crippen LogP contribution in [0.2, 0.25) is 5.02 Å². The molecule has 1 heterocycles. The lowest BCUT2D eigenvalue weighted by Crippen LogP contribution is -2.39. The predicted molar refractivity (Wildman–Crippen MR) is 122 cm³/mol. The number of likely N-dealkylation sites (N-methyl/N-ethyl adjacent to an activating group) is 2. The van der Waals surface area contributed by atoms with E-state index in [1.807, 2.05) is 12.1 Å². The molecule has 2 aromatic rings. The summed E-state index contributed by atoms with van der Waals surface area (Å²) in [7, 11) is 2.19. The van der Waals surface area contributed by atoms with E-state index in [4.69, 9.17) is 11.6 Å². The number of aromatic amines is 1. The van der Waals surface area contributed by atoms with Gasteiger partial charge in [0.25, 0.3) is 0 Å². The lowest BCUT2D eigenvalue weighted by molar-refractivity contribution is 0.0690. The second kappa shape index (κ2) is 9.96. The molecule has 2 N–H and O–H groups in total. The molecule has 5 nitrogen and oxygen atoms in total. The lowest BCUT2D eigenvalue weighted by Gasteiger charge is -2.32. The third kappa shape index (κ3) is 6.73. The van der Waals surface area contributed by atoms with Crippen molar-refractivity contribution in [3.05, 3.63) is 34.5 Å². The van der Waals surface area contributed by atoms with Crippen LogP contribution in [0.4, 0.5) is 0 Å². The molecule has 0 fully saturated rings. The Morgan fingerprint density at radius 2 is 1.93 bits per heavy atom. The van der Waals surface area contributed by atoms with Gasteiger partial charge < -0.3 is 19.9 Å². The Morgan fingerprint density at radius 3 is 2.52 bits per heavy atom. The van der Waals surface area contributed by atoms with E-state index in [-0.39, 0.29) is 5.69 Å². The molecular formula is C23H36ClN3O2. The summed E-state index contributed by atoms with van der Waals surface area (Å²) in [4.78, 5) is 19.5. The van der Waals surface area contributed by atoms with E-state index >= 15 is 0 Å². The lowest BCUT2D eigenvalue weighted by atomic mass is 9.88. The second-order valence-corrected chi connectivity index (χ2v) is 9.69. The van der Waals surface area contributed by atoms with Crippen molar-refractivity contribution in [2.24, 2.45) is 5.41 Å². The number of hydrogen-bond donors (Lipinski definition) is 2. The Bertz CT molecular complexity index is 825. The molecule has 0 radical (unpaired) electrons. The van der Waals surface area contributed by atoms with Gasteiger partial charge in [-0.3, -0.25) is 0 Å². The molecule has 162 valence electrons. The number of hydrogen-bond acceptors (Lipinski definition) is 3. The molecule has 1 aromatic heterocycles. The highest BCUT2D eigenvalue weighted by Gasteiger charge is 2.20. The van der Waals surface area contributed by atoms with Gasteiger partial charge in [0.05, 0.1) is 0 Å². The third-order valence-corrected chi connectivity index (χ3v) is 5.87. The van der Waals surface area contributed by atoms with Crippen molar-refractivity contribution >= 4 is 28.5 Å². The molecule has 0 amide bonds. The molecule has 0 aliphatic heterocycles. The maximum Gasteiger partial charge on any atom is 0.352 e. The first-order valence-corrected chi connectivity index (χ1v) is 10.9. The fourth-order valence-electron chi connectivity index (χ4n) is 3.92. The summed E-state index contributed by atoms with van der Waals surface area (Å²) in [6, 6.07) is 6.01. The van der Waals surface area contributed by atoms with E-state index in [1.165, 1.54) is 0 Å². The number of halogens is 1. The monoisotopic (exact) mass is 421 g/mol. The molecule has 1 aromatic carbocycles. The molecule has 0 saturated heterocycles. The van der Waals surface area contributed by atoms with Crippen LogP contribution in [0.15, 0.2) is 18.2 Å². The number of H-pyrrole nitrogens is 1. The number of nitrogens with one attached hydrogen (secondary N) is 1. The molecule has 0 unspecified atom stereocenters. The van der Waals surface area contributed by atoms with Crippen molar-refractivity contribution in [3.8, 4) is 0 Å². The molecule has 0 saturated carbocycles. The third-order valence-electron chi connectivity index (χ3n) is 5.64. The number of aromatic carboxylic acids is 1. The highest BCUT2D eigenvalue weighted by atomic mass is 35.5. The van der Waals surface area contributed by atoms with Gasteiger partial charge in [-0.1, -0.05) is 39.3 Å². The summed E-state index contributed by atoms with van der Waals surface area (Å²) in [5.41, 5.74) is 2.25. The maximum absolute atomic E-state index is 11.7. The van der Waals surface area contributed by atoms with E-state index in [0.717, 1.165) is 49.1 Å². The van der Waals surface area contributed by atoms with Gasteiger partial charge >= 0.3 is 5.97 Å². The van der Waals surface area contributed by atoms with Gasteiger partial charge in [-0.25, -0.2) is 4.79 Å². The zero-order chi connectivity index (χ0) is 21.8. The Kier molecular flexibility index (Phi) is 8.15. The predicted octanol–water partition coefficient (Wildman–Crippen LogP) is 5.14. The zero-order valence-corrected chi connectivity index (χ0v) is 19.4. The molecule has 0 aliphatic rings. The largest absolute Gasteiger partial charge is 0.477 e. The maximum atomic E-state index is 11.7. The van der Waals surface area contributed by atoms with Crippen molar-refractivity contribution in [1.29, 1.82) is 0 Å². The van der Waals surface area contributed by atoms with Gasteiger partial charge in [0, 0.05) is 41.6 Å². The minimum absolute atomic E-state index is 0.272. The van der Waals surface area contributed by atoms with Crippen molar-refractivity contribution in [1.82, 2.24) is 14.8 Å². The van der Waals surface area contributed by atoms with Crippen molar-refractivity contribution in [2.45, 2.75) is 53.5 Å². The van der Waals surface area contributed by atoms with Gasteiger partial charge in [-0.15, -0.1) is 0 Å². The average molecular weight is 422 g/mol. The smallest absolute Gasteiger partial charge is 0.352 e. The van der Waals surface area contributed by atoms with Gasteiger partial charge in [-0.05, 0) is 62.5 Å². The molecule has 0 bridgehead atoms. The first-order valence-electron chi connectivity index (χ1n) is 10.5. The molecule has 0 aliphatic carbocycles. The number of fused-ring (bicyclic) bond motifs is 1. The molecule has 29 heavy (non-hydrogen) atoms. The summed E-state index contributed by atoms with van der Waals surface area (Å²) >= 11 is 6.15. The van der Waals surface area contributed by atoms with E-state index in [2.05, 4.69) is 56.5 Å². The van der Waals surface area contributed by atoms with Crippen molar-refractivity contribution in [2.75, 3.05) is 33.2 Å². The van der Waals surface area contributed by atoms with Crippen LogP contribution in [0.3, 0.4) is 0 Å². The normalized spacial score (nSPS) is 13.6. The minimum atomic E-state index is -0.925. The van der Waals surface area contributed by atoms with Gasteiger partial charge in [-0.2, -0.15) is 0 Å². The van der Waals surface area contributed by atoms with Crippen LogP contribution in [0.25, 0.3) is 10.9 Å².